The molecule has 86 valence electrons. The molecule has 0 aliphatic heterocycles. The Kier molecular flexibility index (Phi) is 3.06. The summed E-state index contributed by atoms with van der Waals surface area (Å²) in [6.45, 7) is 0. The molecule has 0 amide bonds. The maximum absolute atomic E-state index is 3.86. The molecule has 2 aliphatic carbocycles. The Morgan fingerprint density at radius 1 is 0.812 bits per heavy atom. The zero-order valence-corrected chi connectivity index (χ0v) is 11.4. The molecule has 1 aromatic carbocycles. The number of benzene rings is 1. The van der Waals surface area contributed by atoms with Gasteiger partial charge in [0.05, 0.1) is 0 Å². The molecule has 0 radical (unpaired) electrons. The van der Waals surface area contributed by atoms with Crippen LogP contribution < -0.4 is 0 Å². The molecule has 0 heterocycles. The first kappa shape index (κ1) is 10.8. The van der Waals surface area contributed by atoms with Crippen molar-refractivity contribution in [1.82, 2.24) is 0 Å². The standard InChI is InChI=1S/C15H19Br/c16-15-8-4-3-7-13-9-11-5-1-2-6-12(11)10-14(13)15/h9-10,15H,1-8H2. The van der Waals surface area contributed by atoms with Crippen LogP contribution in [0.15, 0.2) is 12.1 Å². The quantitative estimate of drug-likeness (QED) is 0.476. The lowest BCUT2D eigenvalue weighted by Crippen LogP contribution is -2.06. The van der Waals surface area contributed by atoms with Crippen molar-refractivity contribution in [2.45, 2.75) is 56.2 Å². The highest BCUT2D eigenvalue weighted by molar-refractivity contribution is 9.09. The van der Waals surface area contributed by atoms with Gasteiger partial charge in [-0.1, -0.05) is 34.5 Å². The minimum absolute atomic E-state index is 0.609. The Labute approximate surface area is 107 Å². The minimum Gasteiger partial charge on any atom is -0.0839 e. The fourth-order valence-electron chi connectivity index (χ4n) is 3.16. The first-order valence-electron chi connectivity index (χ1n) is 6.63. The molecule has 2 aliphatic rings. The van der Waals surface area contributed by atoms with E-state index in [1.807, 2.05) is 0 Å². The van der Waals surface area contributed by atoms with Gasteiger partial charge in [0, 0.05) is 4.83 Å². The van der Waals surface area contributed by atoms with Crippen LogP contribution in [0.1, 0.15) is 59.2 Å². The van der Waals surface area contributed by atoms with E-state index in [0.717, 1.165) is 0 Å². The lowest BCUT2D eigenvalue weighted by molar-refractivity contribution is 0.682. The van der Waals surface area contributed by atoms with E-state index in [1.165, 1.54) is 51.4 Å². The summed E-state index contributed by atoms with van der Waals surface area (Å²) < 4.78 is 0. The van der Waals surface area contributed by atoms with Crippen molar-refractivity contribution in [3.8, 4) is 0 Å². The molecule has 0 N–H and O–H groups in total. The number of alkyl halides is 1. The Bertz CT molecular complexity index is 395. The fraction of sp³-hybridized carbons (Fsp3) is 0.600. The van der Waals surface area contributed by atoms with Crippen molar-refractivity contribution in [2.24, 2.45) is 0 Å². The molecule has 0 saturated carbocycles. The summed E-state index contributed by atoms with van der Waals surface area (Å²) in [5.74, 6) is 0. The predicted octanol–water partition coefficient (Wildman–Crippen LogP) is 4.73. The number of aryl methyl sites for hydroxylation is 3. The van der Waals surface area contributed by atoms with Crippen molar-refractivity contribution >= 4 is 15.9 Å². The monoisotopic (exact) mass is 278 g/mol. The van der Waals surface area contributed by atoms with Gasteiger partial charge in [-0.25, -0.2) is 0 Å². The van der Waals surface area contributed by atoms with Crippen LogP contribution in [0.25, 0.3) is 0 Å². The van der Waals surface area contributed by atoms with E-state index in [2.05, 4.69) is 28.1 Å². The number of halogens is 1. The lowest BCUT2D eigenvalue weighted by atomic mass is 9.87. The van der Waals surface area contributed by atoms with Crippen LogP contribution in [0.3, 0.4) is 0 Å². The van der Waals surface area contributed by atoms with Gasteiger partial charge in [0.25, 0.3) is 0 Å². The molecular formula is C15H19Br. The molecule has 0 spiro atoms. The number of hydrogen-bond donors (Lipinski definition) is 0. The van der Waals surface area contributed by atoms with Gasteiger partial charge in [0.15, 0.2) is 0 Å². The van der Waals surface area contributed by atoms with E-state index in [0.29, 0.717) is 4.83 Å². The van der Waals surface area contributed by atoms with Gasteiger partial charge in [-0.05, 0) is 67.2 Å². The van der Waals surface area contributed by atoms with E-state index < -0.39 is 0 Å². The van der Waals surface area contributed by atoms with Gasteiger partial charge < -0.3 is 0 Å². The average molecular weight is 279 g/mol. The van der Waals surface area contributed by atoms with E-state index in [-0.39, 0.29) is 0 Å². The van der Waals surface area contributed by atoms with E-state index in [1.54, 1.807) is 22.3 Å². The van der Waals surface area contributed by atoms with Crippen molar-refractivity contribution in [2.75, 3.05) is 0 Å². The first-order chi connectivity index (χ1) is 7.84. The van der Waals surface area contributed by atoms with Crippen molar-refractivity contribution in [1.29, 1.82) is 0 Å². The highest BCUT2D eigenvalue weighted by atomic mass is 79.9. The summed E-state index contributed by atoms with van der Waals surface area (Å²) in [6.07, 6.45) is 10.7. The molecule has 3 rings (SSSR count). The molecule has 0 fully saturated rings. The summed E-state index contributed by atoms with van der Waals surface area (Å²) in [4.78, 5) is 0.609. The van der Waals surface area contributed by atoms with Crippen LogP contribution in [-0.4, -0.2) is 0 Å². The summed E-state index contributed by atoms with van der Waals surface area (Å²) >= 11 is 3.86. The van der Waals surface area contributed by atoms with Gasteiger partial charge in [0.1, 0.15) is 0 Å². The molecule has 0 aromatic heterocycles. The van der Waals surface area contributed by atoms with Crippen molar-refractivity contribution in [3.05, 3.63) is 34.4 Å². The smallest absolute Gasteiger partial charge is 0.0398 e. The largest absolute Gasteiger partial charge is 0.0839 e. The SMILES string of the molecule is BrC1CCCCc2cc3c(cc21)CCCC3. The van der Waals surface area contributed by atoms with E-state index in [9.17, 15) is 0 Å². The van der Waals surface area contributed by atoms with Gasteiger partial charge in [0.2, 0.25) is 0 Å². The molecular weight excluding hydrogens is 260 g/mol. The third-order valence-electron chi connectivity index (χ3n) is 4.09. The number of rotatable bonds is 0. The Balaban J connectivity index is 2.06. The van der Waals surface area contributed by atoms with Crippen LogP contribution in [0.5, 0.6) is 0 Å². The van der Waals surface area contributed by atoms with Crippen LogP contribution in [0.2, 0.25) is 0 Å². The second-order valence-corrected chi connectivity index (χ2v) is 6.35. The highest BCUT2D eigenvalue weighted by Crippen LogP contribution is 2.37. The maximum Gasteiger partial charge on any atom is 0.0398 e. The van der Waals surface area contributed by atoms with Gasteiger partial charge in [-0.15, -0.1) is 0 Å². The summed E-state index contributed by atoms with van der Waals surface area (Å²) in [7, 11) is 0. The number of hydrogen-bond acceptors (Lipinski definition) is 0. The third kappa shape index (κ3) is 1.95. The second kappa shape index (κ2) is 4.52. The topological polar surface area (TPSA) is 0 Å². The zero-order valence-electron chi connectivity index (χ0n) is 9.77. The molecule has 1 atom stereocenters. The van der Waals surface area contributed by atoms with Crippen LogP contribution >= 0.6 is 15.9 Å². The molecule has 0 nitrogen and oxygen atoms in total. The molecule has 0 bridgehead atoms. The predicted molar refractivity (Wildman–Crippen MR) is 72.3 cm³/mol. The summed E-state index contributed by atoms with van der Waals surface area (Å²) in [5, 5.41) is 0. The highest BCUT2D eigenvalue weighted by Gasteiger charge is 2.19. The fourth-order valence-corrected chi connectivity index (χ4v) is 3.91. The molecule has 1 aromatic rings. The summed E-state index contributed by atoms with van der Waals surface area (Å²) in [5.41, 5.74) is 6.50. The molecule has 16 heavy (non-hydrogen) atoms. The van der Waals surface area contributed by atoms with Crippen molar-refractivity contribution < 1.29 is 0 Å². The maximum atomic E-state index is 3.86. The van der Waals surface area contributed by atoms with Gasteiger partial charge >= 0.3 is 0 Å². The Morgan fingerprint density at radius 3 is 2.25 bits per heavy atom. The third-order valence-corrected chi connectivity index (χ3v) is 5.05. The van der Waals surface area contributed by atoms with E-state index >= 15 is 0 Å². The van der Waals surface area contributed by atoms with Crippen LogP contribution in [0, 0.1) is 0 Å². The normalized spacial score (nSPS) is 24.4. The molecule has 1 heteroatoms. The number of fused-ring (bicyclic) bond motifs is 2. The van der Waals surface area contributed by atoms with E-state index in [4.69, 9.17) is 0 Å². The molecule has 0 saturated heterocycles. The summed E-state index contributed by atoms with van der Waals surface area (Å²) in [6, 6.07) is 5.03. The zero-order chi connectivity index (χ0) is 11.0. The Hall–Kier alpha value is -0.300. The lowest BCUT2D eigenvalue weighted by Gasteiger charge is -2.20. The minimum atomic E-state index is 0.609. The average Bonchev–Trinajstić information content (AvgIpc) is 2.49. The second-order valence-electron chi connectivity index (χ2n) is 5.24. The van der Waals surface area contributed by atoms with Crippen molar-refractivity contribution in [3.63, 3.8) is 0 Å². The van der Waals surface area contributed by atoms with Gasteiger partial charge in [-0.3, -0.25) is 0 Å². The van der Waals surface area contributed by atoms with Crippen LogP contribution in [0.4, 0.5) is 0 Å². The molecule has 1 unspecified atom stereocenters. The van der Waals surface area contributed by atoms with Gasteiger partial charge in [-0.2, -0.15) is 0 Å². The Morgan fingerprint density at radius 2 is 1.44 bits per heavy atom. The first-order valence-corrected chi connectivity index (χ1v) is 7.55. The van der Waals surface area contributed by atoms with Crippen LogP contribution in [-0.2, 0) is 19.3 Å².